The van der Waals surface area contributed by atoms with E-state index in [1.807, 2.05) is 42.5 Å². The third-order valence-electron chi connectivity index (χ3n) is 4.97. The normalized spacial score (nSPS) is 12.3. The highest BCUT2D eigenvalue weighted by Crippen LogP contribution is 2.43. The second kappa shape index (κ2) is 10.9. The molecule has 0 aromatic heterocycles. The summed E-state index contributed by atoms with van der Waals surface area (Å²) in [5, 5.41) is 13.5. The minimum atomic E-state index is -0.974. The molecule has 6 heteroatoms. The van der Waals surface area contributed by atoms with E-state index in [0.717, 1.165) is 33.5 Å². The number of hydrogen-bond donors (Lipinski definition) is 1. The SMILES string of the molecule is CCc1ccc2c(OC(=O)CCCCl)c3ccccc3c(OC(O)CCCCl)c2c1. The van der Waals surface area contributed by atoms with Crippen LogP contribution in [-0.4, -0.2) is 29.1 Å². The van der Waals surface area contributed by atoms with Crippen molar-refractivity contribution >= 4 is 50.7 Å². The number of hydrogen-bond acceptors (Lipinski definition) is 4. The molecule has 0 amide bonds. The van der Waals surface area contributed by atoms with E-state index in [9.17, 15) is 9.90 Å². The Hall–Kier alpha value is -2.01. The summed E-state index contributed by atoms with van der Waals surface area (Å²) in [6.45, 7) is 2.07. The molecule has 0 bridgehead atoms. The molecule has 1 N–H and O–H groups in total. The first-order chi connectivity index (χ1) is 14.6. The number of halogens is 2. The van der Waals surface area contributed by atoms with Crippen LogP contribution >= 0.6 is 23.2 Å². The van der Waals surface area contributed by atoms with Gasteiger partial charge in [-0.3, -0.25) is 4.79 Å². The standard InChI is InChI=1S/C24H26Cl2O4/c1-2-16-11-12-19-20(15-16)24(30-22(28)10-6-14-26)18-8-4-3-7-17(18)23(19)29-21(27)9-5-13-25/h3-4,7-8,11-12,15,22,28H,2,5-6,9-10,13-14H2,1H3. The zero-order chi connectivity index (χ0) is 21.5. The first-order valence-electron chi connectivity index (χ1n) is 10.2. The predicted molar refractivity (Wildman–Crippen MR) is 123 cm³/mol. The van der Waals surface area contributed by atoms with E-state index < -0.39 is 6.29 Å². The lowest BCUT2D eigenvalue weighted by Gasteiger charge is -2.20. The molecular formula is C24H26Cl2O4. The van der Waals surface area contributed by atoms with Crippen molar-refractivity contribution in [1.29, 1.82) is 0 Å². The number of benzene rings is 3. The number of alkyl halides is 2. The smallest absolute Gasteiger partial charge is 0.311 e. The number of fused-ring (bicyclic) bond motifs is 2. The van der Waals surface area contributed by atoms with Crippen LogP contribution in [-0.2, 0) is 11.2 Å². The lowest BCUT2D eigenvalue weighted by molar-refractivity contribution is -0.134. The number of aryl methyl sites for hydroxylation is 1. The number of esters is 1. The molecule has 4 nitrogen and oxygen atoms in total. The summed E-state index contributed by atoms with van der Waals surface area (Å²) in [6, 6.07) is 13.6. The minimum Gasteiger partial charge on any atom is -0.464 e. The molecule has 3 rings (SSSR count). The third kappa shape index (κ3) is 5.18. The minimum absolute atomic E-state index is 0.252. The number of carbonyl (C=O) groups excluding carboxylic acids is 1. The quantitative estimate of drug-likeness (QED) is 0.132. The molecule has 0 radical (unpaired) electrons. The van der Waals surface area contributed by atoms with Crippen LogP contribution in [0.3, 0.4) is 0 Å². The van der Waals surface area contributed by atoms with Crippen molar-refractivity contribution in [1.82, 2.24) is 0 Å². The first kappa shape index (κ1) is 22.7. The maximum atomic E-state index is 12.4. The van der Waals surface area contributed by atoms with Crippen LogP contribution in [0, 0.1) is 0 Å². The van der Waals surface area contributed by atoms with Crippen molar-refractivity contribution in [3.05, 3.63) is 48.0 Å². The first-order valence-corrected chi connectivity index (χ1v) is 11.3. The van der Waals surface area contributed by atoms with E-state index in [0.29, 0.717) is 42.5 Å². The summed E-state index contributed by atoms with van der Waals surface area (Å²) in [7, 11) is 0. The molecule has 0 saturated heterocycles. The average Bonchev–Trinajstić information content (AvgIpc) is 2.77. The van der Waals surface area contributed by atoms with E-state index >= 15 is 0 Å². The Morgan fingerprint density at radius 2 is 1.63 bits per heavy atom. The zero-order valence-electron chi connectivity index (χ0n) is 17.0. The number of aliphatic hydroxyl groups is 1. The number of ether oxygens (including phenoxy) is 2. The van der Waals surface area contributed by atoms with Gasteiger partial charge < -0.3 is 14.6 Å². The monoisotopic (exact) mass is 448 g/mol. The van der Waals surface area contributed by atoms with E-state index in [1.54, 1.807) is 0 Å². The Balaban J connectivity index is 2.18. The number of carbonyl (C=O) groups is 1. The van der Waals surface area contributed by atoms with Gasteiger partial charge in [-0.15, -0.1) is 23.2 Å². The van der Waals surface area contributed by atoms with E-state index in [4.69, 9.17) is 32.7 Å². The van der Waals surface area contributed by atoms with Crippen molar-refractivity contribution in [3.63, 3.8) is 0 Å². The molecule has 0 spiro atoms. The highest BCUT2D eigenvalue weighted by molar-refractivity contribution is 6.18. The average molecular weight is 449 g/mol. The molecule has 1 unspecified atom stereocenters. The molecule has 3 aromatic carbocycles. The fourth-order valence-electron chi connectivity index (χ4n) is 3.43. The topological polar surface area (TPSA) is 55.8 Å². The summed E-state index contributed by atoms with van der Waals surface area (Å²) in [6.07, 6.45) is 1.77. The van der Waals surface area contributed by atoms with Crippen LogP contribution in [0.5, 0.6) is 11.5 Å². The van der Waals surface area contributed by atoms with Crippen LogP contribution in [0.4, 0.5) is 0 Å². The molecule has 0 saturated carbocycles. The lowest BCUT2D eigenvalue weighted by atomic mass is 9.98. The highest BCUT2D eigenvalue weighted by atomic mass is 35.5. The van der Waals surface area contributed by atoms with Gasteiger partial charge in [0.2, 0.25) is 0 Å². The molecule has 0 heterocycles. The Kier molecular flexibility index (Phi) is 8.20. The largest absolute Gasteiger partial charge is 0.464 e. The van der Waals surface area contributed by atoms with Gasteiger partial charge in [-0.05, 0) is 30.9 Å². The van der Waals surface area contributed by atoms with Crippen LogP contribution in [0.25, 0.3) is 21.5 Å². The molecule has 0 aliphatic carbocycles. The second-order valence-electron chi connectivity index (χ2n) is 7.11. The van der Waals surface area contributed by atoms with Gasteiger partial charge in [0.25, 0.3) is 0 Å². The lowest BCUT2D eigenvalue weighted by Crippen LogP contribution is -2.16. The van der Waals surface area contributed by atoms with Gasteiger partial charge >= 0.3 is 5.97 Å². The summed E-state index contributed by atoms with van der Waals surface area (Å²) in [4.78, 5) is 12.4. The molecule has 30 heavy (non-hydrogen) atoms. The third-order valence-corrected chi connectivity index (χ3v) is 5.50. The Morgan fingerprint density at radius 1 is 0.967 bits per heavy atom. The zero-order valence-corrected chi connectivity index (χ0v) is 18.5. The van der Waals surface area contributed by atoms with Crippen LogP contribution in [0.15, 0.2) is 42.5 Å². The van der Waals surface area contributed by atoms with Gasteiger partial charge in [0.1, 0.15) is 11.5 Å². The summed E-state index contributed by atoms with van der Waals surface area (Å²) >= 11 is 11.5. The van der Waals surface area contributed by atoms with Crippen molar-refractivity contribution in [2.24, 2.45) is 0 Å². The molecule has 3 aromatic rings. The van der Waals surface area contributed by atoms with Gasteiger partial charge in [-0.25, -0.2) is 0 Å². The van der Waals surface area contributed by atoms with Gasteiger partial charge in [-0.1, -0.05) is 43.3 Å². The number of rotatable bonds is 10. The van der Waals surface area contributed by atoms with Gasteiger partial charge in [0, 0.05) is 46.1 Å². The fourth-order valence-corrected chi connectivity index (χ4v) is 3.71. The van der Waals surface area contributed by atoms with Crippen LogP contribution < -0.4 is 9.47 Å². The molecule has 0 fully saturated rings. The Bertz CT molecular complexity index is 1020. The number of aliphatic hydroxyl groups excluding tert-OH is 1. The molecular weight excluding hydrogens is 423 g/mol. The summed E-state index contributed by atoms with van der Waals surface area (Å²) in [5.41, 5.74) is 1.12. The Labute approximate surface area is 186 Å². The van der Waals surface area contributed by atoms with Gasteiger partial charge in [0.05, 0.1) is 0 Å². The Morgan fingerprint density at radius 3 is 2.30 bits per heavy atom. The summed E-state index contributed by atoms with van der Waals surface area (Å²) in [5.74, 6) is 1.63. The maximum Gasteiger partial charge on any atom is 0.311 e. The van der Waals surface area contributed by atoms with Crippen LogP contribution in [0.2, 0.25) is 0 Å². The summed E-state index contributed by atoms with van der Waals surface area (Å²) < 4.78 is 11.8. The molecule has 0 aliphatic heterocycles. The van der Waals surface area contributed by atoms with Gasteiger partial charge in [-0.2, -0.15) is 0 Å². The van der Waals surface area contributed by atoms with Crippen molar-refractivity contribution in [2.45, 2.75) is 45.3 Å². The predicted octanol–water partition coefficient (Wildman–Crippen LogP) is 6.20. The van der Waals surface area contributed by atoms with E-state index in [2.05, 4.69) is 6.92 Å². The fraction of sp³-hybridized carbons (Fsp3) is 0.375. The van der Waals surface area contributed by atoms with Crippen LogP contribution in [0.1, 0.15) is 38.2 Å². The molecule has 160 valence electrons. The van der Waals surface area contributed by atoms with Crippen molar-refractivity contribution in [2.75, 3.05) is 11.8 Å². The van der Waals surface area contributed by atoms with E-state index in [1.165, 1.54) is 0 Å². The van der Waals surface area contributed by atoms with Crippen molar-refractivity contribution in [3.8, 4) is 11.5 Å². The van der Waals surface area contributed by atoms with Gasteiger partial charge in [0.15, 0.2) is 6.29 Å². The van der Waals surface area contributed by atoms with E-state index in [-0.39, 0.29) is 12.4 Å². The molecule has 0 aliphatic rings. The highest BCUT2D eigenvalue weighted by Gasteiger charge is 2.20. The van der Waals surface area contributed by atoms with Crippen molar-refractivity contribution < 1.29 is 19.4 Å². The maximum absolute atomic E-state index is 12.4. The molecule has 1 atom stereocenters. The second-order valence-corrected chi connectivity index (χ2v) is 7.86.